The van der Waals surface area contributed by atoms with Crippen LogP contribution in [0.25, 0.3) is 0 Å². The molecule has 0 bridgehead atoms. The summed E-state index contributed by atoms with van der Waals surface area (Å²) >= 11 is 0. The average Bonchev–Trinajstić information content (AvgIpc) is 3.18. The summed E-state index contributed by atoms with van der Waals surface area (Å²) in [5.74, 6) is 0.0925. The molecule has 1 aromatic rings. The van der Waals surface area contributed by atoms with Crippen molar-refractivity contribution < 1.29 is 9.59 Å². The summed E-state index contributed by atoms with van der Waals surface area (Å²) in [5, 5.41) is 10.7. The first-order chi connectivity index (χ1) is 11.0. The molecule has 2 amide bonds. The van der Waals surface area contributed by atoms with E-state index in [1.54, 1.807) is 10.9 Å². The van der Waals surface area contributed by atoms with E-state index in [9.17, 15) is 9.59 Å². The highest BCUT2D eigenvalue weighted by molar-refractivity contribution is 5.87. The van der Waals surface area contributed by atoms with Crippen LogP contribution in [0.3, 0.4) is 0 Å². The Morgan fingerprint density at radius 2 is 2.17 bits per heavy atom. The fraction of sp³-hybridized carbons (Fsp3) is 0.688. The monoisotopic (exact) mass is 319 g/mol. The molecule has 2 N–H and O–H groups in total. The fourth-order valence-electron chi connectivity index (χ4n) is 3.57. The van der Waals surface area contributed by atoms with E-state index < -0.39 is 5.54 Å². The third-order valence-electron chi connectivity index (χ3n) is 4.91. The van der Waals surface area contributed by atoms with Crippen molar-refractivity contribution in [2.45, 2.75) is 50.7 Å². The number of amides is 2. The van der Waals surface area contributed by atoms with Gasteiger partial charge in [0.15, 0.2) is 0 Å². The molecule has 2 aliphatic rings. The van der Waals surface area contributed by atoms with Crippen LogP contribution >= 0.6 is 0 Å². The number of nitrogens with one attached hydrogen (secondary N) is 2. The van der Waals surface area contributed by atoms with Crippen molar-refractivity contribution in [3.63, 3.8) is 0 Å². The Balaban J connectivity index is 1.74. The SMILES string of the molecule is CC(C)N1CC(NC(=O)C2(n3cccn3)CCNCC2)CC1=O. The van der Waals surface area contributed by atoms with E-state index in [1.807, 2.05) is 31.0 Å². The van der Waals surface area contributed by atoms with Crippen LogP contribution in [0.5, 0.6) is 0 Å². The van der Waals surface area contributed by atoms with Gasteiger partial charge in [-0.15, -0.1) is 0 Å². The summed E-state index contributed by atoms with van der Waals surface area (Å²) in [6, 6.07) is 1.90. The molecular weight excluding hydrogens is 294 g/mol. The zero-order valence-electron chi connectivity index (χ0n) is 13.8. The van der Waals surface area contributed by atoms with E-state index in [0.717, 1.165) is 13.1 Å². The number of aromatic nitrogens is 2. The van der Waals surface area contributed by atoms with Gasteiger partial charge in [-0.1, -0.05) is 0 Å². The summed E-state index contributed by atoms with van der Waals surface area (Å²) in [6.45, 7) is 6.17. The van der Waals surface area contributed by atoms with E-state index in [4.69, 9.17) is 0 Å². The van der Waals surface area contributed by atoms with Crippen molar-refractivity contribution in [3.8, 4) is 0 Å². The summed E-state index contributed by atoms with van der Waals surface area (Å²) < 4.78 is 1.78. The van der Waals surface area contributed by atoms with Crippen LogP contribution in [0.2, 0.25) is 0 Å². The number of carbonyl (C=O) groups excluding carboxylic acids is 2. The quantitative estimate of drug-likeness (QED) is 0.824. The van der Waals surface area contributed by atoms with Crippen LogP contribution in [-0.4, -0.2) is 58.2 Å². The first kappa shape index (κ1) is 16.0. The van der Waals surface area contributed by atoms with Crippen LogP contribution < -0.4 is 10.6 Å². The maximum atomic E-state index is 13.0. The lowest BCUT2D eigenvalue weighted by Crippen LogP contribution is -2.56. The molecule has 3 rings (SSSR count). The molecule has 7 heteroatoms. The molecule has 2 fully saturated rings. The highest BCUT2D eigenvalue weighted by atomic mass is 16.2. The van der Waals surface area contributed by atoms with Crippen LogP contribution in [-0.2, 0) is 15.1 Å². The molecule has 0 saturated carbocycles. The number of hydrogen-bond donors (Lipinski definition) is 2. The van der Waals surface area contributed by atoms with Crippen molar-refractivity contribution in [1.82, 2.24) is 25.3 Å². The van der Waals surface area contributed by atoms with E-state index in [-0.39, 0.29) is 23.9 Å². The second kappa shape index (κ2) is 6.31. The topological polar surface area (TPSA) is 79.3 Å². The number of rotatable bonds is 4. The van der Waals surface area contributed by atoms with Crippen LogP contribution in [0.1, 0.15) is 33.1 Å². The molecule has 2 aliphatic heterocycles. The third-order valence-corrected chi connectivity index (χ3v) is 4.91. The third kappa shape index (κ3) is 2.97. The highest BCUT2D eigenvalue weighted by Gasteiger charge is 2.44. The fourth-order valence-corrected chi connectivity index (χ4v) is 3.57. The van der Waals surface area contributed by atoms with Crippen molar-refractivity contribution in [2.24, 2.45) is 0 Å². The Kier molecular flexibility index (Phi) is 4.39. The predicted molar refractivity (Wildman–Crippen MR) is 85.7 cm³/mol. The molecule has 1 atom stereocenters. The van der Waals surface area contributed by atoms with E-state index in [0.29, 0.717) is 25.8 Å². The van der Waals surface area contributed by atoms with Crippen molar-refractivity contribution in [1.29, 1.82) is 0 Å². The van der Waals surface area contributed by atoms with Gasteiger partial charge in [0.2, 0.25) is 11.8 Å². The van der Waals surface area contributed by atoms with Gasteiger partial charge in [0, 0.05) is 31.4 Å². The van der Waals surface area contributed by atoms with Crippen LogP contribution in [0.4, 0.5) is 0 Å². The van der Waals surface area contributed by atoms with Gasteiger partial charge in [-0.05, 0) is 45.8 Å². The lowest BCUT2D eigenvalue weighted by atomic mass is 9.87. The molecule has 0 radical (unpaired) electrons. The first-order valence-corrected chi connectivity index (χ1v) is 8.34. The maximum absolute atomic E-state index is 13.0. The molecule has 2 saturated heterocycles. The van der Waals surface area contributed by atoms with Crippen molar-refractivity contribution in [3.05, 3.63) is 18.5 Å². The summed E-state index contributed by atoms with van der Waals surface area (Å²) in [4.78, 5) is 26.9. The minimum Gasteiger partial charge on any atom is -0.349 e. The summed E-state index contributed by atoms with van der Waals surface area (Å²) in [6.07, 6.45) is 5.35. The van der Waals surface area contributed by atoms with Gasteiger partial charge in [-0.25, -0.2) is 0 Å². The van der Waals surface area contributed by atoms with Gasteiger partial charge < -0.3 is 15.5 Å². The minimum absolute atomic E-state index is 0.0221. The zero-order chi connectivity index (χ0) is 16.4. The second-order valence-corrected chi connectivity index (χ2v) is 6.75. The van der Waals surface area contributed by atoms with Gasteiger partial charge in [-0.2, -0.15) is 5.10 Å². The normalized spacial score (nSPS) is 24.2. The molecular formula is C16H25N5O2. The van der Waals surface area contributed by atoms with Crippen LogP contribution in [0.15, 0.2) is 18.5 Å². The Morgan fingerprint density at radius 1 is 1.43 bits per heavy atom. The predicted octanol–water partition coefficient (Wildman–Crippen LogP) is 0.0873. The molecule has 1 unspecified atom stereocenters. The number of likely N-dealkylation sites (tertiary alicyclic amines) is 1. The van der Waals surface area contributed by atoms with Crippen molar-refractivity contribution >= 4 is 11.8 Å². The van der Waals surface area contributed by atoms with E-state index in [2.05, 4.69) is 15.7 Å². The number of piperidine rings is 1. The zero-order valence-corrected chi connectivity index (χ0v) is 13.8. The molecule has 3 heterocycles. The average molecular weight is 319 g/mol. The number of carbonyl (C=O) groups is 2. The molecule has 0 spiro atoms. The minimum atomic E-state index is -0.650. The van der Waals surface area contributed by atoms with Gasteiger partial charge in [0.05, 0.1) is 6.04 Å². The van der Waals surface area contributed by atoms with Gasteiger partial charge in [-0.3, -0.25) is 14.3 Å². The molecule has 7 nitrogen and oxygen atoms in total. The smallest absolute Gasteiger partial charge is 0.248 e. The van der Waals surface area contributed by atoms with Gasteiger partial charge >= 0.3 is 0 Å². The maximum Gasteiger partial charge on any atom is 0.248 e. The Hall–Kier alpha value is -1.89. The second-order valence-electron chi connectivity index (χ2n) is 6.75. The Labute approximate surface area is 136 Å². The standard InChI is InChI=1S/C16H25N5O2/c1-12(2)20-11-13(10-14(20)22)19-15(23)16(4-7-17-8-5-16)21-9-3-6-18-21/h3,6,9,12-13,17H,4-5,7-8,10-11H2,1-2H3,(H,19,23). The van der Waals surface area contributed by atoms with Crippen LogP contribution in [0, 0.1) is 0 Å². The lowest BCUT2D eigenvalue weighted by molar-refractivity contribution is -0.132. The molecule has 0 aliphatic carbocycles. The summed E-state index contributed by atoms with van der Waals surface area (Å²) in [7, 11) is 0. The van der Waals surface area contributed by atoms with Gasteiger partial charge in [0.25, 0.3) is 0 Å². The lowest BCUT2D eigenvalue weighted by Gasteiger charge is -2.37. The van der Waals surface area contributed by atoms with Gasteiger partial charge in [0.1, 0.15) is 5.54 Å². The van der Waals surface area contributed by atoms with Crippen molar-refractivity contribution in [2.75, 3.05) is 19.6 Å². The Bertz CT molecular complexity index is 563. The largest absolute Gasteiger partial charge is 0.349 e. The van der Waals surface area contributed by atoms with E-state index >= 15 is 0 Å². The number of hydrogen-bond acceptors (Lipinski definition) is 4. The molecule has 0 aromatic carbocycles. The molecule has 1 aromatic heterocycles. The highest BCUT2D eigenvalue weighted by Crippen LogP contribution is 2.28. The number of nitrogens with zero attached hydrogens (tertiary/aromatic N) is 3. The summed E-state index contributed by atoms with van der Waals surface area (Å²) in [5.41, 5.74) is -0.650. The Morgan fingerprint density at radius 3 is 2.74 bits per heavy atom. The molecule has 23 heavy (non-hydrogen) atoms. The first-order valence-electron chi connectivity index (χ1n) is 8.34. The molecule has 126 valence electrons. The van der Waals surface area contributed by atoms with E-state index in [1.165, 1.54) is 0 Å².